The predicted molar refractivity (Wildman–Crippen MR) is 120 cm³/mol. The number of thiophene rings is 1. The lowest BCUT2D eigenvalue weighted by Gasteiger charge is -2.18. The first-order valence-corrected chi connectivity index (χ1v) is 10.5. The second kappa shape index (κ2) is 11.1. The molecular weight excluding hydrogens is 433 g/mol. The molecule has 1 atom stereocenters. The molecule has 0 spiro atoms. The molecule has 1 amide bonds. The van der Waals surface area contributed by atoms with Crippen molar-refractivity contribution >= 4 is 29.3 Å². The third-order valence-electron chi connectivity index (χ3n) is 4.52. The molecule has 1 heterocycles. The molecule has 0 saturated heterocycles. The van der Waals surface area contributed by atoms with Gasteiger partial charge >= 0.3 is 5.97 Å². The van der Waals surface area contributed by atoms with E-state index in [4.69, 9.17) is 14.2 Å². The van der Waals surface area contributed by atoms with Crippen LogP contribution in [0, 0.1) is 5.82 Å². The van der Waals surface area contributed by atoms with Crippen LogP contribution in [0.4, 0.5) is 4.39 Å². The minimum absolute atomic E-state index is 0.363. The van der Waals surface area contributed by atoms with E-state index in [2.05, 4.69) is 5.32 Å². The highest BCUT2D eigenvalue weighted by molar-refractivity contribution is 7.10. The normalized spacial score (nSPS) is 11.7. The number of nitrogens with one attached hydrogen (secondary N) is 1. The van der Waals surface area contributed by atoms with Gasteiger partial charge in [0.05, 0.1) is 20.3 Å². The van der Waals surface area contributed by atoms with Gasteiger partial charge in [-0.25, -0.2) is 9.18 Å². The van der Waals surface area contributed by atoms with Crippen molar-refractivity contribution in [2.45, 2.75) is 6.04 Å². The SMILES string of the molecule is COc1ccc(OC)c(/C=C/C(=O)OCC(=O)NC(c2ccc(F)cc2)c2cccs2)c1. The fourth-order valence-corrected chi connectivity index (χ4v) is 3.75. The third-order valence-corrected chi connectivity index (χ3v) is 5.45. The summed E-state index contributed by atoms with van der Waals surface area (Å²) in [6.07, 6.45) is 2.73. The van der Waals surface area contributed by atoms with Crippen molar-refractivity contribution in [1.29, 1.82) is 0 Å². The van der Waals surface area contributed by atoms with Crippen LogP contribution >= 0.6 is 11.3 Å². The number of amides is 1. The van der Waals surface area contributed by atoms with Crippen molar-refractivity contribution in [3.05, 3.63) is 87.9 Å². The molecular formula is C24H22FNO5S. The van der Waals surface area contributed by atoms with Crippen molar-refractivity contribution in [2.75, 3.05) is 20.8 Å². The summed E-state index contributed by atoms with van der Waals surface area (Å²) in [5.74, 6) is -0.351. The van der Waals surface area contributed by atoms with Crippen LogP contribution in [0.15, 0.2) is 66.1 Å². The maximum atomic E-state index is 13.3. The van der Waals surface area contributed by atoms with Gasteiger partial charge < -0.3 is 19.5 Å². The van der Waals surface area contributed by atoms with E-state index in [-0.39, 0.29) is 5.82 Å². The molecule has 0 fully saturated rings. The lowest BCUT2D eigenvalue weighted by Crippen LogP contribution is -2.32. The number of rotatable bonds is 9. The summed E-state index contributed by atoms with van der Waals surface area (Å²) in [4.78, 5) is 25.4. The van der Waals surface area contributed by atoms with Crippen molar-refractivity contribution in [3.63, 3.8) is 0 Å². The van der Waals surface area contributed by atoms with Gasteiger partial charge in [0.25, 0.3) is 5.91 Å². The van der Waals surface area contributed by atoms with Crippen molar-refractivity contribution < 1.29 is 28.2 Å². The van der Waals surface area contributed by atoms with E-state index in [9.17, 15) is 14.0 Å². The second-order valence-electron chi connectivity index (χ2n) is 6.62. The Kier molecular flexibility index (Phi) is 7.99. The van der Waals surface area contributed by atoms with Crippen molar-refractivity contribution in [3.8, 4) is 11.5 Å². The number of methoxy groups -OCH3 is 2. The lowest BCUT2D eigenvalue weighted by atomic mass is 10.1. The molecule has 2 aromatic carbocycles. The molecule has 8 heteroatoms. The average molecular weight is 456 g/mol. The number of ether oxygens (including phenoxy) is 3. The summed E-state index contributed by atoms with van der Waals surface area (Å²) in [6.45, 7) is -0.457. The highest BCUT2D eigenvalue weighted by atomic mass is 32.1. The minimum atomic E-state index is -0.681. The highest BCUT2D eigenvalue weighted by Crippen LogP contribution is 2.27. The molecule has 1 unspecified atom stereocenters. The lowest BCUT2D eigenvalue weighted by molar-refractivity contribution is -0.143. The van der Waals surface area contributed by atoms with E-state index in [0.717, 1.165) is 10.4 Å². The largest absolute Gasteiger partial charge is 0.497 e. The Morgan fingerprint density at radius 2 is 1.88 bits per heavy atom. The standard InChI is InChI=1S/C24H22FNO5S/c1-29-19-10-11-20(30-2)17(14-19)7-12-23(28)31-15-22(27)26-24(21-4-3-13-32-21)16-5-8-18(25)9-6-16/h3-14,24H,15H2,1-2H3,(H,26,27)/b12-7+. The van der Waals surface area contributed by atoms with E-state index < -0.39 is 24.5 Å². The maximum Gasteiger partial charge on any atom is 0.331 e. The first-order chi connectivity index (χ1) is 15.5. The Hall–Kier alpha value is -3.65. The molecule has 1 N–H and O–H groups in total. The van der Waals surface area contributed by atoms with Gasteiger partial charge in [0.1, 0.15) is 17.3 Å². The maximum absolute atomic E-state index is 13.3. The summed E-state index contributed by atoms with van der Waals surface area (Å²) in [7, 11) is 3.06. The molecule has 166 valence electrons. The molecule has 0 radical (unpaired) electrons. The number of esters is 1. The van der Waals surface area contributed by atoms with Crippen LogP contribution < -0.4 is 14.8 Å². The van der Waals surface area contributed by atoms with Gasteiger partial charge in [0, 0.05) is 16.5 Å². The number of hydrogen-bond acceptors (Lipinski definition) is 6. The first kappa shape index (κ1) is 23.0. The number of hydrogen-bond donors (Lipinski definition) is 1. The number of carbonyl (C=O) groups is 2. The van der Waals surface area contributed by atoms with Crippen molar-refractivity contribution in [2.24, 2.45) is 0 Å². The molecule has 6 nitrogen and oxygen atoms in total. The molecule has 0 aliphatic rings. The molecule has 0 aliphatic carbocycles. The molecule has 0 aliphatic heterocycles. The minimum Gasteiger partial charge on any atom is -0.497 e. The number of carbonyl (C=O) groups excluding carboxylic acids is 2. The van der Waals surface area contributed by atoms with E-state index in [1.54, 1.807) is 30.3 Å². The second-order valence-corrected chi connectivity index (χ2v) is 7.60. The summed E-state index contributed by atoms with van der Waals surface area (Å²) >= 11 is 1.46. The fourth-order valence-electron chi connectivity index (χ4n) is 2.94. The van der Waals surface area contributed by atoms with Crippen LogP contribution in [0.1, 0.15) is 22.0 Å². The van der Waals surface area contributed by atoms with Gasteiger partial charge in [-0.1, -0.05) is 18.2 Å². The molecule has 3 aromatic rings. The molecule has 1 aromatic heterocycles. The molecule has 0 bridgehead atoms. The van der Waals surface area contributed by atoms with Crippen LogP contribution in [0.25, 0.3) is 6.08 Å². The Morgan fingerprint density at radius 1 is 1.09 bits per heavy atom. The zero-order chi connectivity index (χ0) is 22.9. The van der Waals surface area contributed by atoms with Crippen molar-refractivity contribution in [1.82, 2.24) is 5.32 Å². The summed E-state index contributed by atoms with van der Waals surface area (Å²) in [5.41, 5.74) is 1.35. The van der Waals surface area contributed by atoms with E-state index in [1.165, 1.54) is 49.8 Å². The summed E-state index contributed by atoms with van der Waals surface area (Å²) < 4.78 is 28.8. The Balaban J connectivity index is 1.61. The Labute approximate surface area is 189 Å². The number of halogens is 1. The number of benzene rings is 2. The van der Waals surface area contributed by atoms with Gasteiger partial charge in [-0.05, 0) is 53.4 Å². The molecule has 0 saturated carbocycles. The van der Waals surface area contributed by atoms with Gasteiger partial charge in [0.15, 0.2) is 6.61 Å². The molecule has 32 heavy (non-hydrogen) atoms. The van der Waals surface area contributed by atoms with Gasteiger partial charge in [-0.3, -0.25) is 4.79 Å². The Morgan fingerprint density at radius 3 is 2.53 bits per heavy atom. The summed E-state index contributed by atoms with van der Waals surface area (Å²) in [5, 5.41) is 4.71. The zero-order valence-corrected chi connectivity index (χ0v) is 18.4. The quantitative estimate of drug-likeness (QED) is 0.383. The van der Waals surface area contributed by atoms with Crippen LogP contribution in [0.2, 0.25) is 0 Å². The topological polar surface area (TPSA) is 73.9 Å². The predicted octanol–water partition coefficient (Wildman–Crippen LogP) is 4.37. The van der Waals surface area contributed by atoms with Crippen LogP contribution in [0.5, 0.6) is 11.5 Å². The first-order valence-electron chi connectivity index (χ1n) is 9.65. The zero-order valence-electron chi connectivity index (χ0n) is 17.5. The van der Waals surface area contributed by atoms with Crippen LogP contribution in [-0.4, -0.2) is 32.7 Å². The van der Waals surface area contributed by atoms with Crippen LogP contribution in [-0.2, 0) is 14.3 Å². The fraction of sp³-hybridized carbons (Fsp3) is 0.167. The average Bonchev–Trinajstić information content (AvgIpc) is 3.35. The Bertz CT molecular complexity index is 1080. The molecule has 3 rings (SSSR count). The van der Waals surface area contributed by atoms with Gasteiger partial charge in [-0.15, -0.1) is 11.3 Å². The van der Waals surface area contributed by atoms with E-state index in [0.29, 0.717) is 17.1 Å². The van der Waals surface area contributed by atoms with E-state index in [1.807, 2.05) is 17.5 Å². The monoisotopic (exact) mass is 455 g/mol. The van der Waals surface area contributed by atoms with Crippen LogP contribution in [0.3, 0.4) is 0 Å². The highest BCUT2D eigenvalue weighted by Gasteiger charge is 2.18. The smallest absolute Gasteiger partial charge is 0.331 e. The van der Waals surface area contributed by atoms with Gasteiger partial charge in [0.2, 0.25) is 0 Å². The van der Waals surface area contributed by atoms with E-state index >= 15 is 0 Å². The van der Waals surface area contributed by atoms with Gasteiger partial charge in [-0.2, -0.15) is 0 Å². The third kappa shape index (κ3) is 6.18. The summed E-state index contributed by atoms with van der Waals surface area (Å²) in [6, 6.07) is 14.3.